The van der Waals surface area contributed by atoms with Crippen LogP contribution in [-0.2, 0) is 9.47 Å². The van der Waals surface area contributed by atoms with Crippen molar-refractivity contribution >= 4 is 5.69 Å². The molecule has 1 heterocycles. The summed E-state index contributed by atoms with van der Waals surface area (Å²) in [5, 5.41) is 9.05. The van der Waals surface area contributed by atoms with E-state index in [0.29, 0.717) is 25.9 Å². The second-order valence-corrected chi connectivity index (χ2v) is 4.08. The predicted molar refractivity (Wildman–Crippen MR) is 66.3 cm³/mol. The van der Waals surface area contributed by atoms with Crippen molar-refractivity contribution in [1.29, 1.82) is 0 Å². The number of anilines is 1. The topological polar surface area (TPSA) is 45.2 Å². The van der Waals surface area contributed by atoms with Crippen molar-refractivity contribution in [2.24, 2.45) is 0 Å². The molecule has 0 radical (unpaired) electrons. The van der Waals surface area contributed by atoms with Gasteiger partial charge < -0.3 is 19.5 Å². The molecule has 0 saturated carbocycles. The molecule has 1 aromatic rings. The van der Waals surface area contributed by atoms with Gasteiger partial charge in [0.1, 0.15) is 6.10 Å². The number of para-hydroxylation sites is 1. The molecule has 4 heteroatoms. The lowest BCUT2D eigenvalue weighted by Crippen LogP contribution is -2.30. The summed E-state index contributed by atoms with van der Waals surface area (Å²) < 4.78 is 10.6. The van der Waals surface area contributed by atoms with E-state index in [9.17, 15) is 0 Å². The molecule has 1 fully saturated rings. The Balaban J connectivity index is 1.75. The summed E-state index contributed by atoms with van der Waals surface area (Å²) in [4.78, 5) is 2.12. The Hall–Kier alpha value is -1.10. The maximum absolute atomic E-state index is 9.05. The molecular weight excluding hydrogens is 218 g/mol. The third-order valence-electron chi connectivity index (χ3n) is 2.70. The zero-order chi connectivity index (χ0) is 11.9. The van der Waals surface area contributed by atoms with Gasteiger partial charge in [0.15, 0.2) is 0 Å². The average Bonchev–Trinajstić information content (AvgIpc) is 3.18. The molecule has 0 amide bonds. The van der Waals surface area contributed by atoms with Crippen LogP contribution in [0.2, 0.25) is 0 Å². The zero-order valence-corrected chi connectivity index (χ0v) is 9.92. The van der Waals surface area contributed by atoms with Gasteiger partial charge in [-0.3, -0.25) is 0 Å². The number of benzene rings is 1. The first-order chi connectivity index (χ1) is 8.40. The third-order valence-corrected chi connectivity index (χ3v) is 2.70. The van der Waals surface area contributed by atoms with Crippen LogP contribution in [-0.4, -0.2) is 50.7 Å². The van der Waals surface area contributed by atoms with E-state index < -0.39 is 0 Å². The number of rotatable bonds is 8. The van der Waals surface area contributed by atoms with Crippen molar-refractivity contribution in [3.05, 3.63) is 30.3 Å². The molecule has 1 unspecified atom stereocenters. The van der Waals surface area contributed by atoms with Crippen molar-refractivity contribution < 1.29 is 14.6 Å². The summed E-state index contributed by atoms with van der Waals surface area (Å²) in [7, 11) is 0. The molecule has 4 nitrogen and oxygen atoms in total. The highest BCUT2D eigenvalue weighted by Crippen LogP contribution is 2.13. The second kappa shape index (κ2) is 6.59. The molecule has 0 bridgehead atoms. The van der Waals surface area contributed by atoms with Gasteiger partial charge in [-0.25, -0.2) is 0 Å². The van der Waals surface area contributed by atoms with Crippen molar-refractivity contribution in [2.75, 3.05) is 44.4 Å². The maximum Gasteiger partial charge on any atom is 0.104 e. The van der Waals surface area contributed by atoms with Crippen LogP contribution in [0.4, 0.5) is 5.69 Å². The van der Waals surface area contributed by atoms with Crippen LogP contribution < -0.4 is 4.90 Å². The Morgan fingerprint density at radius 1 is 1.29 bits per heavy atom. The van der Waals surface area contributed by atoms with Crippen LogP contribution in [0.25, 0.3) is 0 Å². The van der Waals surface area contributed by atoms with Gasteiger partial charge in [0.25, 0.3) is 0 Å². The van der Waals surface area contributed by atoms with E-state index in [-0.39, 0.29) is 6.61 Å². The smallest absolute Gasteiger partial charge is 0.104 e. The van der Waals surface area contributed by atoms with Crippen LogP contribution in [0, 0.1) is 0 Å². The Morgan fingerprint density at radius 2 is 2.06 bits per heavy atom. The quantitative estimate of drug-likeness (QED) is 0.539. The number of aliphatic hydroxyl groups excluding tert-OH is 1. The zero-order valence-electron chi connectivity index (χ0n) is 9.92. The SMILES string of the molecule is OCCN(CCOCC1CO1)c1ccccc1. The molecule has 1 saturated heterocycles. The van der Waals surface area contributed by atoms with Gasteiger partial charge in [-0.15, -0.1) is 0 Å². The Bertz CT molecular complexity index is 314. The molecule has 0 aromatic heterocycles. The first kappa shape index (κ1) is 12.4. The molecular formula is C13H19NO3. The van der Waals surface area contributed by atoms with Crippen molar-refractivity contribution in [3.63, 3.8) is 0 Å². The Labute approximate surface area is 102 Å². The van der Waals surface area contributed by atoms with E-state index in [0.717, 1.165) is 18.8 Å². The summed E-state index contributed by atoms with van der Waals surface area (Å²) in [6.45, 7) is 3.75. The standard InChI is InChI=1S/C13H19NO3/c15-8-6-14(12-4-2-1-3-5-12)7-9-16-10-13-11-17-13/h1-5,13,15H,6-11H2. The first-order valence-electron chi connectivity index (χ1n) is 6.00. The van der Waals surface area contributed by atoms with Crippen LogP contribution in [0.1, 0.15) is 0 Å². The largest absolute Gasteiger partial charge is 0.395 e. The molecule has 94 valence electrons. The lowest BCUT2D eigenvalue weighted by atomic mass is 10.3. The van der Waals surface area contributed by atoms with Crippen molar-refractivity contribution in [1.82, 2.24) is 0 Å². The van der Waals surface area contributed by atoms with E-state index in [4.69, 9.17) is 14.6 Å². The summed E-state index contributed by atoms with van der Waals surface area (Å²) in [5.74, 6) is 0. The van der Waals surface area contributed by atoms with Gasteiger partial charge in [0.05, 0.1) is 26.4 Å². The van der Waals surface area contributed by atoms with Gasteiger partial charge in [0, 0.05) is 18.8 Å². The van der Waals surface area contributed by atoms with Gasteiger partial charge in [0.2, 0.25) is 0 Å². The highest BCUT2D eigenvalue weighted by Gasteiger charge is 2.22. The fourth-order valence-electron chi connectivity index (χ4n) is 1.68. The van der Waals surface area contributed by atoms with Crippen LogP contribution in [0.3, 0.4) is 0 Å². The van der Waals surface area contributed by atoms with Gasteiger partial charge >= 0.3 is 0 Å². The number of hydrogen-bond donors (Lipinski definition) is 1. The number of aliphatic hydroxyl groups is 1. The fourth-order valence-corrected chi connectivity index (χ4v) is 1.68. The molecule has 1 aromatic carbocycles. The first-order valence-corrected chi connectivity index (χ1v) is 6.00. The van der Waals surface area contributed by atoms with E-state index >= 15 is 0 Å². The molecule has 1 atom stereocenters. The minimum absolute atomic E-state index is 0.153. The molecule has 17 heavy (non-hydrogen) atoms. The summed E-state index contributed by atoms with van der Waals surface area (Å²) >= 11 is 0. The van der Waals surface area contributed by atoms with Gasteiger partial charge in [-0.1, -0.05) is 18.2 Å². The maximum atomic E-state index is 9.05. The number of hydrogen-bond acceptors (Lipinski definition) is 4. The normalized spacial score (nSPS) is 18.1. The lowest BCUT2D eigenvalue weighted by molar-refractivity contribution is 0.121. The van der Waals surface area contributed by atoms with E-state index in [1.54, 1.807) is 0 Å². The van der Waals surface area contributed by atoms with E-state index in [2.05, 4.69) is 4.90 Å². The average molecular weight is 237 g/mol. The van der Waals surface area contributed by atoms with E-state index in [1.807, 2.05) is 30.3 Å². The summed E-state index contributed by atoms with van der Waals surface area (Å²) in [6, 6.07) is 10.1. The van der Waals surface area contributed by atoms with Crippen LogP contribution >= 0.6 is 0 Å². The third kappa shape index (κ3) is 4.34. The lowest BCUT2D eigenvalue weighted by Gasteiger charge is -2.23. The van der Waals surface area contributed by atoms with E-state index in [1.165, 1.54) is 0 Å². The Morgan fingerprint density at radius 3 is 2.71 bits per heavy atom. The molecule has 1 N–H and O–H groups in total. The highest BCUT2D eigenvalue weighted by atomic mass is 16.6. The minimum atomic E-state index is 0.153. The van der Waals surface area contributed by atoms with Crippen LogP contribution in [0.15, 0.2) is 30.3 Å². The Kier molecular flexibility index (Phi) is 4.79. The minimum Gasteiger partial charge on any atom is -0.395 e. The monoisotopic (exact) mass is 237 g/mol. The van der Waals surface area contributed by atoms with Crippen LogP contribution in [0.5, 0.6) is 0 Å². The summed E-state index contributed by atoms with van der Waals surface area (Å²) in [6.07, 6.45) is 0.318. The molecule has 0 aliphatic carbocycles. The molecule has 2 rings (SSSR count). The molecule has 0 spiro atoms. The number of ether oxygens (including phenoxy) is 2. The number of nitrogens with zero attached hydrogens (tertiary/aromatic N) is 1. The van der Waals surface area contributed by atoms with Crippen molar-refractivity contribution in [3.8, 4) is 0 Å². The second-order valence-electron chi connectivity index (χ2n) is 4.08. The fraction of sp³-hybridized carbons (Fsp3) is 0.538. The van der Waals surface area contributed by atoms with Gasteiger partial charge in [-0.05, 0) is 12.1 Å². The molecule has 1 aliphatic heterocycles. The molecule has 1 aliphatic rings. The highest BCUT2D eigenvalue weighted by molar-refractivity contribution is 5.45. The summed E-state index contributed by atoms with van der Waals surface area (Å²) in [5.41, 5.74) is 1.12. The number of epoxide rings is 1. The van der Waals surface area contributed by atoms with Gasteiger partial charge in [-0.2, -0.15) is 0 Å². The predicted octanol–water partition coefficient (Wildman–Crippen LogP) is 0.901. The van der Waals surface area contributed by atoms with Crippen molar-refractivity contribution in [2.45, 2.75) is 6.10 Å².